The van der Waals surface area contributed by atoms with Crippen LogP contribution in [0.1, 0.15) is 41.0 Å². The fraction of sp³-hybridized carbons (Fsp3) is 0.915. The lowest BCUT2D eigenvalue weighted by atomic mass is 9.88. The van der Waals surface area contributed by atoms with E-state index in [1.807, 2.05) is 0 Å². The molecule has 0 unspecified atom stereocenters. The van der Waals surface area contributed by atoms with Gasteiger partial charge in [-0.15, -0.1) is 0 Å². The summed E-state index contributed by atoms with van der Waals surface area (Å²) < 4.78 is 88.0. The number of aliphatic hydroxyl groups is 22. The maximum Gasteiger partial charge on any atom is 0.364 e. The van der Waals surface area contributed by atoms with Gasteiger partial charge in [-0.1, -0.05) is 0 Å². The number of ether oxygens (including phenoxy) is 15. The monoisotopic (exact) mass is 1550 g/mol. The Morgan fingerprint density at radius 2 is 0.821 bits per heavy atom. The summed E-state index contributed by atoms with van der Waals surface area (Å²) in [4.78, 5) is 64.0. The molecule has 27 N–H and O–H groups in total. The highest BCUT2D eigenvalue weighted by atomic mass is 16.8. The highest BCUT2D eigenvalue weighted by Crippen LogP contribution is 2.41. The highest BCUT2D eigenvalue weighted by molar-refractivity contribution is 5.77. The number of carboxylic acids is 1. The van der Waals surface area contributed by atoms with E-state index >= 15 is 0 Å². The van der Waals surface area contributed by atoms with Crippen molar-refractivity contribution in [2.75, 3.05) is 46.2 Å². The molecule has 106 heavy (non-hydrogen) atoms. The van der Waals surface area contributed by atoms with Crippen molar-refractivity contribution in [2.24, 2.45) is 0 Å². The third kappa shape index (κ3) is 19.1. The van der Waals surface area contributed by atoms with Crippen molar-refractivity contribution in [3.8, 4) is 0 Å². The third-order valence-corrected chi connectivity index (χ3v) is 19.2. The number of rotatable bonds is 28. The van der Waals surface area contributed by atoms with Crippen molar-refractivity contribution in [3.05, 3.63) is 0 Å². The predicted molar refractivity (Wildman–Crippen MR) is 327 cm³/mol. The second-order valence-corrected chi connectivity index (χ2v) is 26.8. The van der Waals surface area contributed by atoms with Gasteiger partial charge in [-0.25, -0.2) is 4.79 Å². The first-order chi connectivity index (χ1) is 49.9. The van der Waals surface area contributed by atoms with Crippen LogP contribution in [-0.2, 0) is 95.0 Å². The van der Waals surface area contributed by atoms with Crippen molar-refractivity contribution in [2.45, 2.75) is 292 Å². The zero-order valence-corrected chi connectivity index (χ0v) is 57.2. The Kier molecular flexibility index (Phi) is 30.9. The van der Waals surface area contributed by atoms with Gasteiger partial charge in [-0.05, 0) is 6.92 Å². The first-order valence-electron chi connectivity index (χ1n) is 33.6. The summed E-state index contributed by atoms with van der Waals surface area (Å²) in [5.41, 5.74) is 0. The minimum absolute atomic E-state index is 0.853. The number of amides is 4. The SMILES string of the molecule is CC(=O)N[C@@H]1[C@@H](O[C@@H]2O[C@H](CO)[C@H](O)[C@H](O[C@]3(C(=O)O)C[C@H](O)[C@@H](NC(C)=O)[C@H]([C@H](O)[C@H](O)CO)O3)[C@H]2O)[C@@H](O)[C@@H](CO[C@@H]2O[C@H](CO)[C@@H](O[C@@H]3O[C@H](CO)[C@H](O)[C@H](O[C@@H]4O[C@H](CO)[C@@H](O[C@@H]5O[C@H](CO)[C@H](O)[C@H](O)[C@H]5O)[C@H](O[C@@H]5O[C@@H](C)[C@@H](O)[C@@H](O)[C@@H]5O)[C@H]4NC(C)=O)[C@H]3O)[C@H](O)[C@H]2NC(C)=O)O[C@H]1O. The molecule has 8 rings (SSSR count). The van der Waals surface area contributed by atoms with Crippen LogP contribution in [0.5, 0.6) is 0 Å². The van der Waals surface area contributed by atoms with Crippen LogP contribution in [0.15, 0.2) is 0 Å². The molecule has 8 saturated heterocycles. The lowest BCUT2D eigenvalue weighted by molar-refractivity contribution is -0.390. The second kappa shape index (κ2) is 37.5. The molecule has 8 aliphatic heterocycles. The van der Waals surface area contributed by atoms with E-state index in [4.69, 9.17) is 71.1 Å². The Bertz CT molecular complexity index is 2850. The maximum absolute atomic E-state index is 13.2. The van der Waals surface area contributed by atoms with Gasteiger partial charge in [0.25, 0.3) is 5.79 Å². The van der Waals surface area contributed by atoms with Gasteiger partial charge in [0.2, 0.25) is 23.6 Å². The Hall–Kier alpha value is -4.13. The third-order valence-electron chi connectivity index (χ3n) is 19.2. The molecule has 0 aromatic rings. The molecule has 0 saturated carbocycles. The van der Waals surface area contributed by atoms with Crippen LogP contribution in [0, 0.1) is 0 Å². The first kappa shape index (κ1) is 87.4. The summed E-state index contributed by atoms with van der Waals surface area (Å²) >= 11 is 0. The summed E-state index contributed by atoms with van der Waals surface area (Å²) in [5.74, 6) is -9.00. The predicted octanol–water partition coefficient (Wildman–Crippen LogP) is -17.6. The fourth-order valence-corrected chi connectivity index (χ4v) is 13.6. The lowest BCUT2D eigenvalue weighted by Crippen LogP contribution is -2.71. The molecule has 0 bridgehead atoms. The Morgan fingerprint density at radius 3 is 1.36 bits per heavy atom. The van der Waals surface area contributed by atoms with Crippen molar-refractivity contribution in [1.82, 2.24) is 21.3 Å². The molecule has 0 aliphatic carbocycles. The molecule has 8 heterocycles. The van der Waals surface area contributed by atoms with Gasteiger partial charge in [-0.2, -0.15) is 0 Å². The van der Waals surface area contributed by atoms with Gasteiger partial charge in [0, 0.05) is 34.1 Å². The molecular weight excluding hydrogens is 1450 g/mol. The molecule has 8 aliphatic rings. The smallest absolute Gasteiger partial charge is 0.364 e. The van der Waals surface area contributed by atoms with E-state index < -0.39 is 333 Å². The maximum atomic E-state index is 13.2. The number of carboxylic acid groups (broad SMARTS) is 1. The van der Waals surface area contributed by atoms with Crippen molar-refractivity contribution in [1.29, 1.82) is 0 Å². The summed E-state index contributed by atoms with van der Waals surface area (Å²) in [6, 6.07) is -7.34. The van der Waals surface area contributed by atoms with Crippen molar-refractivity contribution in [3.63, 3.8) is 0 Å². The molecule has 0 aromatic heterocycles. The first-order valence-corrected chi connectivity index (χ1v) is 33.6. The van der Waals surface area contributed by atoms with E-state index in [1.165, 1.54) is 6.92 Å². The molecule has 47 heteroatoms. The molecular formula is C59H98N4O43. The molecule has 8 fully saturated rings. The van der Waals surface area contributed by atoms with Crippen LogP contribution in [0.2, 0.25) is 0 Å². The summed E-state index contributed by atoms with van der Waals surface area (Å²) in [6.45, 7) is -2.63. The average molecular weight is 1550 g/mol. The summed E-state index contributed by atoms with van der Waals surface area (Å²) in [6.07, 6.45) is -75.0. The van der Waals surface area contributed by atoms with Crippen LogP contribution < -0.4 is 21.3 Å². The van der Waals surface area contributed by atoms with E-state index in [0.29, 0.717) is 0 Å². The Balaban J connectivity index is 1.02. The molecule has 0 radical (unpaired) electrons. The Labute approximate surface area is 600 Å². The van der Waals surface area contributed by atoms with Gasteiger partial charge < -0.3 is 210 Å². The highest BCUT2D eigenvalue weighted by Gasteiger charge is 2.63. The molecule has 0 aromatic carbocycles. The average Bonchev–Trinajstić information content (AvgIpc) is 0.759. The standard InChI is InChI=1S/C59H98N4O43/c1-14-31(76)38(83)40(85)54(93-14)103-48-30(63-18(5)73)53(99-25(12-69)45(48)101-55-41(86)39(84)33(78)21(8-65)95-55)104-49-34(79)22(9-66)96-56(42(49)87)100-44-24(11-68)98-52(28(37(44)82)61-16(3)71)92-13-26-36(81)46(29(51(89)94-26)62-17(4)72)102-57-43(88)50(35(80)23(10-67)97-57)106-59(58(90)91)6-19(74)27(60-15(2)70)47(105-59)32(77)20(75)7-64/h14,19-57,64-69,74-89H,6-13H2,1-5H3,(H,60,70)(H,61,71)(H,62,72)(H,63,73)(H,90,91)/t14-,19-,20+,21+,22+,23+,24+,25+,26+,27+,28+,29+,30+,31+,32+,33-,34-,35-,36-,37+,38+,39-,40-,41+,42+,43+,44+,45+,46+,47+,48+,49-,50-,51+,52+,53-,54-,55-,56-,57-,59-/m0/s1. The van der Waals surface area contributed by atoms with Gasteiger partial charge in [0.05, 0.1) is 64.5 Å². The van der Waals surface area contributed by atoms with Crippen molar-refractivity contribution >= 4 is 29.6 Å². The van der Waals surface area contributed by atoms with Gasteiger partial charge in [0.1, 0.15) is 183 Å². The lowest BCUT2D eigenvalue weighted by Gasteiger charge is -2.52. The summed E-state index contributed by atoms with van der Waals surface area (Å²) in [7, 11) is 0. The Morgan fingerprint density at radius 1 is 0.406 bits per heavy atom. The van der Waals surface area contributed by atoms with Gasteiger partial charge in [0.15, 0.2) is 44.0 Å². The minimum atomic E-state index is -3.25. The van der Waals surface area contributed by atoms with Crippen LogP contribution in [0.4, 0.5) is 0 Å². The minimum Gasteiger partial charge on any atom is -0.477 e. The van der Waals surface area contributed by atoms with E-state index in [1.54, 1.807) is 0 Å². The molecule has 612 valence electrons. The van der Waals surface area contributed by atoms with E-state index in [0.717, 1.165) is 27.7 Å². The van der Waals surface area contributed by atoms with Crippen LogP contribution in [-0.4, -0.2) is 444 Å². The number of aliphatic hydroxyl groups excluding tert-OH is 22. The number of hydrogen-bond acceptors (Lipinski definition) is 42. The second-order valence-electron chi connectivity index (χ2n) is 26.8. The van der Waals surface area contributed by atoms with Crippen LogP contribution >= 0.6 is 0 Å². The van der Waals surface area contributed by atoms with Crippen LogP contribution in [0.3, 0.4) is 0 Å². The quantitative estimate of drug-likeness (QED) is 0.0346. The summed E-state index contributed by atoms with van der Waals surface area (Å²) in [5, 5.41) is 262. The molecule has 4 amide bonds. The van der Waals surface area contributed by atoms with Crippen LogP contribution in [0.25, 0.3) is 0 Å². The van der Waals surface area contributed by atoms with Crippen molar-refractivity contribution < 1.29 is 212 Å². The normalized spacial score (nSPS) is 47.2. The van der Waals surface area contributed by atoms with Gasteiger partial charge >= 0.3 is 5.97 Å². The molecule has 47 nitrogen and oxygen atoms in total. The van der Waals surface area contributed by atoms with E-state index in [2.05, 4.69) is 21.3 Å². The van der Waals surface area contributed by atoms with E-state index in [9.17, 15) is 141 Å². The number of carbonyl (C=O) groups excluding carboxylic acids is 4. The topological polar surface area (TPSA) is 737 Å². The number of carbonyl (C=O) groups is 5. The number of hydrogen-bond donors (Lipinski definition) is 27. The van der Waals surface area contributed by atoms with E-state index in [-0.39, 0.29) is 0 Å². The zero-order chi connectivity index (χ0) is 78.6. The van der Waals surface area contributed by atoms with Gasteiger partial charge in [-0.3, -0.25) is 19.2 Å². The fourth-order valence-electron chi connectivity index (χ4n) is 13.6. The molecule has 41 atom stereocenters. The largest absolute Gasteiger partial charge is 0.477 e. The zero-order valence-electron chi connectivity index (χ0n) is 57.2. The number of aliphatic carboxylic acids is 1. The number of nitrogens with one attached hydrogen (secondary N) is 4. The molecule has 0 spiro atoms.